The van der Waals surface area contributed by atoms with Crippen LogP contribution in [-0.2, 0) is 0 Å². The van der Waals surface area contributed by atoms with Gasteiger partial charge in [0.15, 0.2) is 11.6 Å². The molecule has 2 rings (SSSR count). The minimum absolute atomic E-state index is 0.00577. The highest BCUT2D eigenvalue weighted by atomic mass is 15.1. The summed E-state index contributed by atoms with van der Waals surface area (Å²) in [6.45, 7) is 0. The third-order valence-corrected chi connectivity index (χ3v) is 2.53. The number of nitrogens with two attached hydrogens (primary N) is 3. The molecule has 0 radical (unpaired) electrons. The molecular formula is C12H13N7. The topological polar surface area (TPSA) is 140 Å². The van der Waals surface area contributed by atoms with Gasteiger partial charge >= 0.3 is 0 Å². The number of nitrogen functional groups attached to an aromatic ring is 3. The minimum Gasteiger partial charge on any atom is -0.382 e. The monoisotopic (exact) mass is 255 g/mol. The Labute approximate surface area is 110 Å². The normalized spacial score (nSPS) is 11.5. The van der Waals surface area contributed by atoms with Gasteiger partial charge in [-0.1, -0.05) is 30.3 Å². The number of hydrogen-bond donors (Lipinski definition) is 4. The molecule has 7 N–H and O–H groups in total. The van der Waals surface area contributed by atoms with Crippen LogP contribution in [0.25, 0.3) is 0 Å². The van der Waals surface area contributed by atoms with E-state index >= 15 is 0 Å². The maximum atomic E-state index is 9.22. The Hall–Kier alpha value is -3.01. The first-order valence-electron chi connectivity index (χ1n) is 5.51. The van der Waals surface area contributed by atoms with Gasteiger partial charge in [0.1, 0.15) is 11.7 Å². The summed E-state index contributed by atoms with van der Waals surface area (Å²) in [5.41, 5.74) is 18.0. The van der Waals surface area contributed by atoms with E-state index in [1.807, 2.05) is 30.3 Å². The predicted molar refractivity (Wildman–Crippen MR) is 73.7 cm³/mol. The number of nitriles is 1. The van der Waals surface area contributed by atoms with Gasteiger partial charge < -0.3 is 22.5 Å². The van der Waals surface area contributed by atoms with E-state index in [0.717, 1.165) is 5.56 Å². The number of nitrogens with zero attached hydrogens (tertiary/aromatic N) is 3. The molecule has 2 aromatic rings. The van der Waals surface area contributed by atoms with E-state index in [1.165, 1.54) is 0 Å². The van der Waals surface area contributed by atoms with Crippen LogP contribution in [0.5, 0.6) is 0 Å². The van der Waals surface area contributed by atoms with Crippen molar-refractivity contribution < 1.29 is 0 Å². The Kier molecular flexibility index (Phi) is 3.34. The van der Waals surface area contributed by atoms with Crippen LogP contribution in [0.4, 0.5) is 23.3 Å². The zero-order valence-corrected chi connectivity index (χ0v) is 10.0. The molecule has 1 aromatic heterocycles. The van der Waals surface area contributed by atoms with Gasteiger partial charge in [0.2, 0.25) is 5.95 Å². The summed E-state index contributed by atoms with van der Waals surface area (Å²) >= 11 is 0. The molecule has 0 fully saturated rings. The van der Waals surface area contributed by atoms with E-state index in [2.05, 4.69) is 21.4 Å². The number of nitrogens with one attached hydrogen (secondary N) is 1. The molecule has 0 amide bonds. The smallest absolute Gasteiger partial charge is 0.224 e. The third-order valence-electron chi connectivity index (χ3n) is 2.53. The van der Waals surface area contributed by atoms with Crippen molar-refractivity contribution in [3.8, 4) is 6.07 Å². The van der Waals surface area contributed by atoms with Crippen molar-refractivity contribution in [1.82, 2.24) is 9.97 Å². The van der Waals surface area contributed by atoms with Gasteiger partial charge in [-0.3, -0.25) is 0 Å². The highest BCUT2D eigenvalue weighted by molar-refractivity contribution is 5.76. The second-order valence-corrected chi connectivity index (χ2v) is 3.84. The fraction of sp³-hybridized carbons (Fsp3) is 0.0833. The van der Waals surface area contributed by atoms with Crippen molar-refractivity contribution in [2.75, 3.05) is 22.5 Å². The lowest BCUT2D eigenvalue weighted by atomic mass is 10.1. The fourth-order valence-corrected chi connectivity index (χ4v) is 1.64. The number of hydrogen-bond acceptors (Lipinski definition) is 7. The molecule has 1 unspecified atom stereocenters. The first-order valence-corrected chi connectivity index (χ1v) is 5.51. The first kappa shape index (κ1) is 12.4. The zero-order valence-electron chi connectivity index (χ0n) is 10.0. The molecule has 0 bridgehead atoms. The van der Waals surface area contributed by atoms with Crippen LogP contribution in [0, 0.1) is 11.3 Å². The Balaban J connectivity index is 2.33. The predicted octanol–water partition coefficient (Wildman–Crippen LogP) is 0.900. The van der Waals surface area contributed by atoms with Crippen molar-refractivity contribution in [1.29, 1.82) is 5.26 Å². The molecule has 0 saturated carbocycles. The van der Waals surface area contributed by atoms with Crippen molar-refractivity contribution in [2.45, 2.75) is 6.04 Å². The maximum Gasteiger partial charge on any atom is 0.224 e. The highest BCUT2D eigenvalue weighted by Gasteiger charge is 2.15. The molecular weight excluding hydrogens is 242 g/mol. The molecule has 0 spiro atoms. The molecule has 0 aliphatic heterocycles. The lowest BCUT2D eigenvalue weighted by molar-refractivity contribution is 0.992. The minimum atomic E-state index is -0.599. The van der Waals surface area contributed by atoms with Crippen molar-refractivity contribution in [2.24, 2.45) is 0 Å². The van der Waals surface area contributed by atoms with E-state index in [1.54, 1.807) is 0 Å². The molecule has 96 valence electrons. The van der Waals surface area contributed by atoms with Gasteiger partial charge in [0, 0.05) is 0 Å². The molecule has 7 heteroatoms. The molecule has 0 aliphatic carbocycles. The molecule has 1 heterocycles. The average Bonchev–Trinajstić information content (AvgIpc) is 2.39. The average molecular weight is 255 g/mol. The lowest BCUT2D eigenvalue weighted by Crippen LogP contribution is -2.14. The van der Waals surface area contributed by atoms with Crippen molar-refractivity contribution in [3.05, 3.63) is 35.9 Å². The van der Waals surface area contributed by atoms with Crippen LogP contribution in [-0.4, -0.2) is 9.97 Å². The first-order chi connectivity index (χ1) is 9.11. The Morgan fingerprint density at radius 3 is 2.16 bits per heavy atom. The Morgan fingerprint density at radius 1 is 1.05 bits per heavy atom. The molecule has 0 aliphatic rings. The summed E-state index contributed by atoms with van der Waals surface area (Å²) in [6, 6.07) is 10.7. The van der Waals surface area contributed by atoms with E-state index < -0.39 is 6.04 Å². The summed E-state index contributed by atoms with van der Waals surface area (Å²) in [6.07, 6.45) is 0. The second kappa shape index (κ2) is 5.10. The second-order valence-electron chi connectivity index (χ2n) is 3.84. The van der Waals surface area contributed by atoms with Gasteiger partial charge in [-0.15, -0.1) is 0 Å². The van der Waals surface area contributed by atoms with Gasteiger partial charge in [0.25, 0.3) is 0 Å². The van der Waals surface area contributed by atoms with Crippen LogP contribution in [0.15, 0.2) is 30.3 Å². The summed E-state index contributed by atoms with van der Waals surface area (Å²) in [5.74, 6) is 0.219. The van der Waals surface area contributed by atoms with Crippen LogP contribution < -0.4 is 22.5 Å². The van der Waals surface area contributed by atoms with Gasteiger partial charge in [0.05, 0.1) is 6.07 Å². The largest absolute Gasteiger partial charge is 0.382 e. The lowest BCUT2D eigenvalue weighted by Gasteiger charge is -2.15. The standard InChI is InChI=1S/C12H13N7/c13-6-8(7-4-2-1-3-5-7)17-9-10(14)18-12(16)19-11(9)15/h1-5,8,17H,(H6,14,15,16,18,19). The third kappa shape index (κ3) is 2.63. The van der Waals surface area contributed by atoms with Crippen LogP contribution >= 0.6 is 0 Å². The van der Waals surface area contributed by atoms with E-state index in [9.17, 15) is 5.26 Å². The highest BCUT2D eigenvalue weighted by Crippen LogP contribution is 2.27. The zero-order chi connectivity index (χ0) is 13.8. The quantitative estimate of drug-likeness (QED) is 0.638. The van der Waals surface area contributed by atoms with Crippen LogP contribution in [0.3, 0.4) is 0 Å². The number of anilines is 4. The van der Waals surface area contributed by atoms with Crippen LogP contribution in [0.2, 0.25) is 0 Å². The van der Waals surface area contributed by atoms with E-state index in [-0.39, 0.29) is 17.6 Å². The molecule has 0 saturated heterocycles. The number of rotatable bonds is 3. The van der Waals surface area contributed by atoms with E-state index in [4.69, 9.17) is 17.2 Å². The number of benzene rings is 1. The summed E-state index contributed by atoms with van der Waals surface area (Å²) in [5, 5.41) is 12.1. The van der Waals surface area contributed by atoms with Gasteiger partial charge in [-0.05, 0) is 5.56 Å². The Bertz CT molecular complexity index is 595. The fourth-order valence-electron chi connectivity index (χ4n) is 1.64. The molecule has 19 heavy (non-hydrogen) atoms. The SMILES string of the molecule is N#CC(Nc1c(N)nc(N)nc1N)c1ccccc1. The summed E-state index contributed by atoms with van der Waals surface area (Å²) < 4.78 is 0. The van der Waals surface area contributed by atoms with Gasteiger partial charge in [-0.2, -0.15) is 15.2 Å². The molecule has 1 atom stereocenters. The molecule has 7 nitrogen and oxygen atoms in total. The molecule has 1 aromatic carbocycles. The van der Waals surface area contributed by atoms with E-state index in [0.29, 0.717) is 5.69 Å². The summed E-state index contributed by atoms with van der Waals surface area (Å²) in [4.78, 5) is 7.62. The van der Waals surface area contributed by atoms with Crippen molar-refractivity contribution in [3.63, 3.8) is 0 Å². The number of aromatic nitrogens is 2. The summed E-state index contributed by atoms with van der Waals surface area (Å²) in [7, 11) is 0. The maximum absolute atomic E-state index is 9.22. The van der Waals surface area contributed by atoms with Crippen molar-refractivity contribution >= 4 is 23.3 Å². The van der Waals surface area contributed by atoms with Crippen LogP contribution in [0.1, 0.15) is 11.6 Å². The van der Waals surface area contributed by atoms with Gasteiger partial charge in [-0.25, -0.2) is 0 Å². The Morgan fingerprint density at radius 2 is 1.63 bits per heavy atom.